The second-order valence-corrected chi connectivity index (χ2v) is 4.61. The lowest BCUT2D eigenvalue weighted by atomic mass is 10.1. The molecule has 1 fully saturated rings. The highest BCUT2D eigenvalue weighted by Crippen LogP contribution is 2.44. The summed E-state index contributed by atoms with van der Waals surface area (Å²) in [4.78, 5) is 0. The van der Waals surface area contributed by atoms with Gasteiger partial charge in [-0.05, 0) is 38.5 Å². The summed E-state index contributed by atoms with van der Waals surface area (Å²) < 4.78 is 5.55. The maximum absolute atomic E-state index is 5.55. The van der Waals surface area contributed by atoms with Crippen LogP contribution in [0.5, 0.6) is 0 Å². The van der Waals surface area contributed by atoms with Crippen LogP contribution in [0, 0.1) is 11.8 Å². The van der Waals surface area contributed by atoms with E-state index in [2.05, 4.69) is 20.8 Å². The molecular formula is C12H24O. The average molecular weight is 184 g/mol. The SMILES string of the molecule is CCCCC1CC1CCOC(C)C. The van der Waals surface area contributed by atoms with Gasteiger partial charge in [-0.15, -0.1) is 0 Å². The lowest BCUT2D eigenvalue weighted by Gasteiger charge is -2.06. The molecule has 0 heterocycles. The molecule has 1 heteroatoms. The molecule has 78 valence electrons. The molecule has 2 unspecified atom stereocenters. The van der Waals surface area contributed by atoms with Gasteiger partial charge in [-0.25, -0.2) is 0 Å². The summed E-state index contributed by atoms with van der Waals surface area (Å²) in [6, 6.07) is 0. The zero-order valence-electron chi connectivity index (χ0n) is 9.38. The van der Waals surface area contributed by atoms with E-state index < -0.39 is 0 Å². The Morgan fingerprint density at radius 2 is 1.92 bits per heavy atom. The van der Waals surface area contributed by atoms with Gasteiger partial charge in [0.2, 0.25) is 0 Å². The second kappa shape index (κ2) is 5.64. The van der Waals surface area contributed by atoms with E-state index in [1.807, 2.05) is 0 Å². The first kappa shape index (κ1) is 11.0. The highest BCUT2D eigenvalue weighted by molar-refractivity contribution is 4.85. The van der Waals surface area contributed by atoms with Gasteiger partial charge in [-0.3, -0.25) is 0 Å². The Balaban J connectivity index is 1.89. The lowest BCUT2D eigenvalue weighted by molar-refractivity contribution is 0.0734. The Morgan fingerprint density at radius 3 is 2.54 bits per heavy atom. The van der Waals surface area contributed by atoms with Crippen LogP contribution in [0.25, 0.3) is 0 Å². The topological polar surface area (TPSA) is 9.23 Å². The quantitative estimate of drug-likeness (QED) is 0.587. The summed E-state index contributed by atoms with van der Waals surface area (Å²) in [6.45, 7) is 7.48. The Kier molecular flexibility index (Phi) is 4.79. The van der Waals surface area contributed by atoms with Crippen molar-refractivity contribution in [3.05, 3.63) is 0 Å². The molecule has 1 rings (SSSR count). The van der Waals surface area contributed by atoms with Gasteiger partial charge in [0.25, 0.3) is 0 Å². The first-order valence-corrected chi connectivity index (χ1v) is 5.85. The molecule has 0 radical (unpaired) electrons. The molecule has 1 aliphatic carbocycles. The Bertz CT molecular complexity index is 131. The predicted octanol–water partition coefficient (Wildman–Crippen LogP) is 3.63. The standard InChI is InChI=1S/C12H24O/c1-4-5-6-11-9-12(11)7-8-13-10(2)3/h10-12H,4-9H2,1-3H3. The maximum Gasteiger partial charge on any atom is 0.0518 e. The monoisotopic (exact) mass is 184 g/mol. The molecule has 0 saturated heterocycles. The molecule has 0 aromatic rings. The molecular weight excluding hydrogens is 160 g/mol. The maximum atomic E-state index is 5.55. The zero-order valence-corrected chi connectivity index (χ0v) is 9.38. The van der Waals surface area contributed by atoms with E-state index in [-0.39, 0.29) is 0 Å². The van der Waals surface area contributed by atoms with Crippen molar-refractivity contribution in [3.63, 3.8) is 0 Å². The summed E-state index contributed by atoms with van der Waals surface area (Å²) in [6.07, 6.45) is 7.42. The molecule has 0 spiro atoms. The van der Waals surface area contributed by atoms with Gasteiger partial charge in [-0.1, -0.05) is 26.2 Å². The van der Waals surface area contributed by atoms with E-state index in [1.165, 1.54) is 32.1 Å². The van der Waals surface area contributed by atoms with E-state index in [0.717, 1.165) is 18.4 Å². The molecule has 0 amide bonds. The van der Waals surface area contributed by atoms with Gasteiger partial charge in [0.15, 0.2) is 0 Å². The van der Waals surface area contributed by atoms with Crippen LogP contribution in [0.1, 0.15) is 52.9 Å². The van der Waals surface area contributed by atoms with E-state index in [9.17, 15) is 0 Å². The Morgan fingerprint density at radius 1 is 1.23 bits per heavy atom. The van der Waals surface area contributed by atoms with Gasteiger partial charge >= 0.3 is 0 Å². The molecule has 2 atom stereocenters. The highest BCUT2D eigenvalue weighted by Gasteiger charge is 2.35. The van der Waals surface area contributed by atoms with Crippen molar-refractivity contribution >= 4 is 0 Å². The fourth-order valence-electron chi connectivity index (χ4n) is 1.94. The van der Waals surface area contributed by atoms with Crippen molar-refractivity contribution < 1.29 is 4.74 Å². The third kappa shape index (κ3) is 4.66. The van der Waals surface area contributed by atoms with Gasteiger partial charge in [0.05, 0.1) is 6.10 Å². The van der Waals surface area contributed by atoms with Crippen LogP contribution in [-0.2, 0) is 4.74 Å². The van der Waals surface area contributed by atoms with Crippen LogP contribution in [-0.4, -0.2) is 12.7 Å². The molecule has 0 aromatic carbocycles. The van der Waals surface area contributed by atoms with Crippen LogP contribution >= 0.6 is 0 Å². The summed E-state index contributed by atoms with van der Waals surface area (Å²) in [5, 5.41) is 0. The number of hydrogen-bond acceptors (Lipinski definition) is 1. The third-order valence-corrected chi connectivity index (χ3v) is 2.94. The van der Waals surface area contributed by atoms with Crippen molar-refractivity contribution in [2.45, 2.75) is 59.0 Å². The first-order chi connectivity index (χ1) is 6.24. The molecule has 1 saturated carbocycles. The molecule has 0 N–H and O–H groups in total. The fourth-order valence-corrected chi connectivity index (χ4v) is 1.94. The molecule has 0 aliphatic heterocycles. The normalized spacial score (nSPS) is 26.8. The summed E-state index contributed by atoms with van der Waals surface area (Å²) in [5.74, 6) is 2.06. The van der Waals surface area contributed by atoms with E-state index in [4.69, 9.17) is 4.74 Å². The van der Waals surface area contributed by atoms with Gasteiger partial charge in [0, 0.05) is 6.61 Å². The average Bonchev–Trinajstić information content (AvgIpc) is 2.80. The van der Waals surface area contributed by atoms with Crippen LogP contribution in [0.3, 0.4) is 0 Å². The number of hydrogen-bond donors (Lipinski definition) is 0. The van der Waals surface area contributed by atoms with Crippen LogP contribution in [0.4, 0.5) is 0 Å². The van der Waals surface area contributed by atoms with Crippen molar-refractivity contribution in [2.24, 2.45) is 11.8 Å². The Hall–Kier alpha value is -0.0400. The smallest absolute Gasteiger partial charge is 0.0518 e. The number of rotatable bonds is 7. The number of unbranched alkanes of at least 4 members (excludes halogenated alkanes) is 1. The van der Waals surface area contributed by atoms with E-state index in [0.29, 0.717) is 6.10 Å². The fraction of sp³-hybridized carbons (Fsp3) is 1.00. The van der Waals surface area contributed by atoms with E-state index >= 15 is 0 Å². The summed E-state index contributed by atoms with van der Waals surface area (Å²) in [5.41, 5.74) is 0. The van der Waals surface area contributed by atoms with Gasteiger partial charge in [-0.2, -0.15) is 0 Å². The molecule has 1 nitrogen and oxygen atoms in total. The lowest BCUT2D eigenvalue weighted by Crippen LogP contribution is -2.04. The van der Waals surface area contributed by atoms with Crippen LogP contribution < -0.4 is 0 Å². The predicted molar refractivity (Wildman–Crippen MR) is 56.8 cm³/mol. The molecule has 13 heavy (non-hydrogen) atoms. The summed E-state index contributed by atoms with van der Waals surface area (Å²) in [7, 11) is 0. The first-order valence-electron chi connectivity index (χ1n) is 5.85. The number of ether oxygens (including phenoxy) is 1. The minimum atomic E-state index is 0.410. The van der Waals surface area contributed by atoms with Crippen LogP contribution in [0.15, 0.2) is 0 Å². The minimum Gasteiger partial charge on any atom is -0.379 e. The molecule has 0 aromatic heterocycles. The van der Waals surface area contributed by atoms with Crippen molar-refractivity contribution in [1.82, 2.24) is 0 Å². The van der Waals surface area contributed by atoms with E-state index in [1.54, 1.807) is 0 Å². The molecule has 1 aliphatic rings. The van der Waals surface area contributed by atoms with Crippen molar-refractivity contribution in [3.8, 4) is 0 Å². The Labute approximate surface area is 82.9 Å². The second-order valence-electron chi connectivity index (χ2n) is 4.61. The molecule has 0 bridgehead atoms. The largest absolute Gasteiger partial charge is 0.379 e. The minimum absolute atomic E-state index is 0.410. The van der Waals surface area contributed by atoms with Crippen LogP contribution in [0.2, 0.25) is 0 Å². The zero-order chi connectivity index (χ0) is 9.68. The van der Waals surface area contributed by atoms with Gasteiger partial charge < -0.3 is 4.74 Å². The third-order valence-electron chi connectivity index (χ3n) is 2.94. The van der Waals surface area contributed by atoms with Crippen molar-refractivity contribution in [1.29, 1.82) is 0 Å². The van der Waals surface area contributed by atoms with Gasteiger partial charge in [0.1, 0.15) is 0 Å². The highest BCUT2D eigenvalue weighted by atomic mass is 16.5. The van der Waals surface area contributed by atoms with Crippen molar-refractivity contribution in [2.75, 3.05) is 6.61 Å². The summed E-state index contributed by atoms with van der Waals surface area (Å²) >= 11 is 0.